The monoisotopic (exact) mass is 474 g/mol. The van der Waals surface area contributed by atoms with E-state index in [1.165, 1.54) is 0 Å². The number of likely N-dealkylation sites (tertiary alicyclic amines) is 1. The fourth-order valence-electron chi connectivity index (χ4n) is 5.12. The fourth-order valence-corrected chi connectivity index (χ4v) is 7.17. The minimum absolute atomic E-state index is 0.125. The van der Waals surface area contributed by atoms with Gasteiger partial charge in [0, 0.05) is 38.0 Å². The van der Waals surface area contributed by atoms with Gasteiger partial charge in [-0.25, -0.2) is 8.42 Å². The standard InChI is InChI=1S/C24H34N4O4S/c1-15-14-16(2)18(4)22(17(15)3)33(30,31)28-12-8-21(9-13-28)24(29)27-10-6-20(7-11-27)23-25-19(5)26-32-23/h14,20-21H,6-13H2,1-5H3. The van der Waals surface area contributed by atoms with E-state index in [0.29, 0.717) is 55.6 Å². The predicted molar refractivity (Wildman–Crippen MR) is 124 cm³/mol. The summed E-state index contributed by atoms with van der Waals surface area (Å²) in [5, 5.41) is 3.87. The maximum absolute atomic E-state index is 13.5. The molecular formula is C24H34N4O4S. The van der Waals surface area contributed by atoms with Gasteiger partial charge in [0.2, 0.25) is 21.8 Å². The van der Waals surface area contributed by atoms with E-state index < -0.39 is 10.0 Å². The first-order valence-electron chi connectivity index (χ1n) is 11.8. The first-order chi connectivity index (χ1) is 15.6. The SMILES string of the molecule is Cc1noc(C2CCN(C(=O)C3CCN(S(=O)(=O)c4c(C)c(C)cc(C)c4C)CC3)CC2)n1. The maximum Gasteiger partial charge on any atom is 0.243 e. The molecule has 2 aromatic rings. The first kappa shape index (κ1) is 23.9. The molecule has 33 heavy (non-hydrogen) atoms. The number of aryl methyl sites for hydroxylation is 3. The average molecular weight is 475 g/mol. The van der Waals surface area contributed by atoms with Crippen molar-refractivity contribution in [2.24, 2.45) is 5.92 Å². The molecule has 2 saturated heterocycles. The van der Waals surface area contributed by atoms with Crippen LogP contribution in [0, 0.1) is 40.5 Å². The van der Waals surface area contributed by atoms with E-state index in [4.69, 9.17) is 4.52 Å². The number of hydrogen-bond acceptors (Lipinski definition) is 6. The number of rotatable bonds is 4. The van der Waals surface area contributed by atoms with Crippen LogP contribution < -0.4 is 0 Å². The van der Waals surface area contributed by atoms with E-state index in [2.05, 4.69) is 10.1 Å². The summed E-state index contributed by atoms with van der Waals surface area (Å²) < 4.78 is 33.9. The molecule has 0 unspecified atom stereocenters. The molecule has 0 radical (unpaired) electrons. The second-order valence-corrected chi connectivity index (χ2v) is 11.4. The highest BCUT2D eigenvalue weighted by Crippen LogP contribution is 2.33. The van der Waals surface area contributed by atoms with Gasteiger partial charge in [0.25, 0.3) is 0 Å². The molecule has 3 heterocycles. The number of sulfonamides is 1. The third-order valence-electron chi connectivity index (χ3n) is 7.40. The average Bonchev–Trinajstić information content (AvgIpc) is 3.24. The molecule has 180 valence electrons. The van der Waals surface area contributed by atoms with E-state index in [9.17, 15) is 13.2 Å². The molecule has 0 atom stereocenters. The van der Waals surface area contributed by atoms with Crippen molar-refractivity contribution in [1.29, 1.82) is 0 Å². The fraction of sp³-hybridized carbons (Fsp3) is 0.625. The van der Waals surface area contributed by atoms with Gasteiger partial charge in [-0.1, -0.05) is 11.2 Å². The molecule has 2 aliphatic rings. The van der Waals surface area contributed by atoms with E-state index in [1.807, 2.05) is 38.7 Å². The summed E-state index contributed by atoms with van der Waals surface area (Å²) in [5.41, 5.74) is 3.60. The second-order valence-electron chi connectivity index (χ2n) is 9.55. The van der Waals surface area contributed by atoms with Crippen LogP contribution in [0.1, 0.15) is 65.6 Å². The number of nitrogens with zero attached hydrogens (tertiary/aromatic N) is 4. The largest absolute Gasteiger partial charge is 0.342 e. The van der Waals surface area contributed by atoms with Crippen molar-refractivity contribution in [1.82, 2.24) is 19.3 Å². The lowest BCUT2D eigenvalue weighted by molar-refractivity contribution is -0.137. The van der Waals surface area contributed by atoms with Crippen LogP contribution in [-0.4, -0.2) is 59.8 Å². The van der Waals surface area contributed by atoms with Crippen LogP contribution >= 0.6 is 0 Å². The van der Waals surface area contributed by atoms with Crippen molar-refractivity contribution in [2.75, 3.05) is 26.2 Å². The molecule has 2 aliphatic heterocycles. The Kier molecular flexibility index (Phi) is 6.64. The summed E-state index contributed by atoms with van der Waals surface area (Å²) in [7, 11) is -3.59. The third-order valence-corrected chi connectivity index (χ3v) is 9.57. The Labute approximate surface area is 196 Å². The molecule has 0 bridgehead atoms. The number of aromatic nitrogens is 2. The summed E-state index contributed by atoms with van der Waals surface area (Å²) >= 11 is 0. The van der Waals surface area contributed by atoms with Gasteiger partial charge in [-0.3, -0.25) is 4.79 Å². The van der Waals surface area contributed by atoms with Crippen molar-refractivity contribution in [3.63, 3.8) is 0 Å². The number of carbonyl (C=O) groups is 1. The third kappa shape index (κ3) is 4.57. The Morgan fingerprint density at radius 3 is 2.03 bits per heavy atom. The van der Waals surface area contributed by atoms with Gasteiger partial charge < -0.3 is 9.42 Å². The number of hydrogen-bond donors (Lipinski definition) is 0. The zero-order valence-corrected chi connectivity index (χ0v) is 21.0. The van der Waals surface area contributed by atoms with Crippen molar-refractivity contribution in [3.8, 4) is 0 Å². The van der Waals surface area contributed by atoms with Crippen molar-refractivity contribution in [3.05, 3.63) is 40.0 Å². The quantitative estimate of drug-likeness (QED) is 0.674. The molecule has 2 fully saturated rings. The summed E-state index contributed by atoms with van der Waals surface area (Å²) in [4.78, 5) is 19.8. The van der Waals surface area contributed by atoms with Crippen LogP contribution in [0.15, 0.2) is 15.5 Å². The summed E-state index contributed by atoms with van der Waals surface area (Å²) in [6.07, 6.45) is 2.74. The minimum atomic E-state index is -3.59. The Balaban J connectivity index is 1.38. The smallest absolute Gasteiger partial charge is 0.243 e. The van der Waals surface area contributed by atoms with Crippen LogP contribution in [0.5, 0.6) is 0 Å². The molecule has 4 rings (SSSR count). The summed E-state index contributed by atoms with van der Waals surface area (Å²) in [5.74, 6) is 1.52. The molecule has 1 aromatic carbocycles. The summed E-state index contributed by atoms with van der Waals surface area (Å²) in [6.45, 7) is 11.6. The number of piperidine rings is 2. The molecule has 0 aliphatic carbocycles. The Morgan fingerprint density at radius 1 is 0.939 bits per heavy atom. The van der Waals surface area contributed by atoms with Crippen LogP contribution in [0.25, 0.3) is 0 Å². The van der Waals surface area contributed by atoms with E-state index in [-0.39, 0.29) is 17.7 Å². The van der Waals surface area contributed by atoms with Crippen molar-refractivity contribution >= 4 is 15.9 Å². The molecular weight excluding hydrogens is 440 g/mol. The van der Waals surface area contributed by atoms with Gasteiger partial charge in [-0.05, 0) is 82.6 Å². The highest BCUT2D eigenvalue weighted by atomic mass is 32.2. The van der Waals surface area contributed by atoms with Crippen LogP contribution in [0.4, 0.5) is 0 Å². The first-order valence-corrected chi connectivity index (χ1v) is 13.2. The number of amides is 1. The van der Waals surface area contributed by atoms with Gasteiger partial charge in [0.15, 0.2) is 5.82 Å². The lowest BCUT2D eigenvalue weighted by atomic mass is 9.92. The molecule has 1 aromatic heterocycles. The van der Waals surface area contributed by atoms with Crippen LogP contribution in [0.2, 0.25) is 0 Å². The van der Waals surface area contributed by atoms with Gasteiger partial charge in [0.05, 0.1) is 4.90 Å². The molecule has 1 amide bonds. The molecule has 9 heteroatoms. The number of carbonyl (C=O) groups excluding carboxylic acids is 1. The normalized spacial score (nSPS) is 19.2. The maximum atomic E-state index is 13.5. The molecule has 8 nitrogen and oxygen atoms in total. The van der Waals surface area contributed by atoms with E-state index >= 15 is 0 Å². The number of benzene rings is 1. The zero-order chi connectivity index (χ0) is 23.9. The van der Waals surface area contributed by atoms with Crippen LogP contribution in [-0.2, 0) is 14.8 Å². The van der Waals surface area contributed by atoms with Crippen molar-refractivity contribution < 1.29 is 17.7 Å². The van der Waals surface area contributed by atoms with Gasteiger partial charge in [0.1, 0.15) is 0 Å². The Morgan fingerprint density at radius 2 is 1.52 bits per heavy atom. The zero-order valence-electron chi connectivity index (χ0n) is 20.2. The topological polar surface area (TPSA) is 96.6 Å². The van der Waals surface area contributed by atoms with Crippen LogP contribution in [0.3, 0.4) is 0 Å². The molecule has 0 saturated carbocycles. The minimum Gasteiger partial charge on any atom is -0.342 e. The molecule has 0 spiro atoms. The Bertz CT molecular complexity index is 1120. The highest BCUT2D eigenvalue weighted by molar-refractivity contribution is 7.89. The Hall–Kier alpha value is -2.26. The lowest BCUT2D eigenvalue weighted by Gasteiger charge is -2.36. The van der Waals surface area contributed by atoms with E-state index in [0.717, 1.165) is 35.1 Å². The van der Waals surface area contributed by atoms with Gasteiger partial charge >= 0.3 is 0 Å². The van der Waals surface area contributed by atoms with Gasteiger partial charge in [-0.15, -0.1) is 0 Å². The second kappa shape index (κ2) is 9.18. The predicted octanol–water partition coefficient (Wildman–Crippen LogP) is 3.42. The van der Waals surface area contributed by atoms with Gasteiger partial charge in [-0.2, -0.15) is 9.29 Å². The van der Waals surface area contributed by atoms with E-state index in [1.54, 1.807) is 11.2 Å². The van der Waals surface area contributed by atoms with Crippen molar-refractivity contribution in [2.45, 2.75) is 71.1 Å². The summed E-state index contributed by atoms with van der Waals surface area (Å²) in [6, 6.07) is 2.04. The molecule has 0 N–H and O–H groups in total. The highest BCUT2D eigenvalue weighted by Gasteiger charge is 2.36. The lowest BCUT2D eigenvalue weighted by Crippen LogP contribution is -2.46.